The maximum absolute atomic E-state index is 12.3. The highest BCUT2D eigenvalue weighted by atomic mass is 32.2. The minimum Gasteiger partial charge on any atom is -0.312 e. The molecule has 5 heteroatoms. The van der Waals surface area contributed by atoms with Crippen LogP contribution in [0.15, 0.2) is 65.6 Å². The van der Waals surface area contributed by atoms with Gasteiger partial charge in [0.1, 0.15) is 5.75 Å². The van der Waals surface area contributed by atoms with Gasteiger partial charge in [0.25, 0.3) is 0 Å². The summed E-state index contributed by atoms with van der Waals surface area (Å²) in [7, 11) is -3.61. The molecule has 0 saturated heterocycles. The molecule has 0 unspecified atom stereocenters. The summed E-state index contributed by atoms with van der Waals surface area (Å²) in [6, 6.07) is 17.1. The highest BCUT2D eigenvalue weighted by Crippen LogP contribution is 2.16. The molecule has 0 heterocycles. The predicted octanol–water partition coefficient (Wildman–Crippen LogP) is 2.51. The molecule has 2 rings (SSSR count). The van der Waals surface area contributed by atoms with E-state index in [-0.39, 0.29) is 4.90 Å². The van der Waals surface area contributed by atoms with Gasteiger partial charge in [0.05, 0.1) is 4.90 Å². The summed E-state index contributed by atoms with van der Waals surface area (Å²) in [4.78, 5) is 14.0. The van der Waals surface area contributed by atoms with Gasteiger partial charge >= 0.3 is 0 Å². The highest BCUT2D eigenvalue weighted by molar-refractivity contribution is 7.92. The second-order valence-corrected chi connectivity index (χ2v) is 6.54. The second-order valence-electron chi connectivity index (χ2n) is 4.55. The van der Waals surface area contributed by atoms with Gasteiger partial charge in [-0.15, -0.1) is 0 Å². The van der Waals surface area contributed by atoms with Gasteiger partial charge in [-0.05, 0) is 31.2 Å². The lowest BCUT2D eigenvalue weighted by atomic mass is 10.3. The van der Waals surface area contributed by atoms with E-state index in [0.717, 1.165) is 0 Å². The number of benzene rings is 2. The largest absolute Gasteiger partial charge is 0.312 e. The Bertz CT molecular complexity index is 697. The van der Waals surface area contributed by atoms with E-state index in [4.69, 9.17) is 0 Å². The van der Waals surface area contributed by atoms with Crippen LogP contribution in [0.5, 0.6) is 0 Å². The van der Waals surface area contributed by atoms with Crippen LogP contribution in [0.2, 0.25) is 0 Å². The van der Waals surface area contributed by atoms with E-state index in [9.17, 15) is 13.2 Å². The molecular weight excluding hydrogens is 286 g/mol. The molecule has 0 bridgehead atoms. The van der Waals surface area contributed by atoms with Crippen LogP contribution in [-0.4, -0.2) is 26.6 Å². The number of rotatable bonds is 5. The number of anilines is 1. The van der Waals surface area contributed by atoms with Gasteiger partial charge in [-0.3, -0.25) is 4.79 Å². The van der Waals surface area contributed by atoms with Crippen LogP contribution in [0.4, 0.5) is 5.69 Å². The zero-order valence-electron chi connectivity index (χ0n) is 11.8. The van der Waals surface area contributed by atoms with E-state index >= 15 is 0 Å². The number of para-hydroxylation sites is 1. The Morgan fingerprint density at radius 3 is 2.00 bits per heavy atom. The summed E-state index contributed by atoms with van der Waals surface area (Å²) in [5, 5.41) is 0. The summed E-state index contributed by atoms with van der Waals surface area (Å²) >= 11 is 0. The monoisotopic (exact) mass is 303 g/mol. The molecule has 2 aromatic rings. The minimum atomic E-state index is -3.61. The first-order valence-electron chi connectivity index (χ1n) is 6.68. The third-order valence-electron chi connectivity index (χ3n) is 3.10. The van der Waals surface area contributed by atoms with Crippen LogP contribution in [0.25, 0.3) is 0 Å². The number of carbonyl (C=O) groups excluding carboxylic acids is 1. The third-order valence-corrected chi connectivity index (χ3v) is 4.72. The smallest absolute Gasteiger partial charge is 0.242 e. The number of amides is 1. The van der Waals surface area contributed by atoms with E-state index in [1.165, 1.54) is 17.0 Å². The van der Waals surface area contributed by atoms with E-state index in [2.05, 4.69) is 0 Å². The third kappa shape index (κ3) is 3.70. The normalized spacial score (nSPS) is 11.1. The zero-order chi connectivity index (χ0) is 15.3. The number of carbonyl (C=O) groups is 1. The van der Waals surface area contributed by atoms with Gasteiger partial charge in [0.2, 0.25) is 5.91 Å². The molecular formula is C16H17NO3S. The number of hydrogen-bond acceptors (Lipinski definition) is 3. The molecule has 1 amide bonds. The molecule has 0 atom stereocenters. The molecule has 0 saturated carbocycles. The molecule has 0 aliphatic heterocycles. The first-order chi connectivity index (χ1) is 10.0. The average molecular weight is 303 g/mol. The number of sulfone groups is 1. The lowest BCUT2D eigenvalue weighted by molar-refractivity contribution is -0.116. The van der Waals surface area contributed by atoms with Gasteiger partial charge in [-0.25, -0.2) is 8.42 Å². The highest BCUT2D eigenvalue weighted by Gasteiger charge is 2.23. The topological polar surface area (TPSA) is 54.5 Å². The van der Waals surface area contributed by atoms with Crippen molar-refractivity contribution >= 4 is 21.4 Å². The molecule has 0 N–H and O–H groups in total. The average Bonchev–Trinajstić information content (AvgIpc) is 2.49. The molecule has 2 aromatic carbocycles. The van der Waals surface area contributed by atoms with Crippen LogP contribution in [0.3, 0.4) is 0 Å². The SMILES string of the molecule is CCN(C(=O)CS(=O)(=O)c1ccccc1)c1ccccc1. The van der Waals surface area contributed by atoms with E-state index in [1.807, 2.05) is 25.1 Å². The van der Waals surface area contributed by atoms with E-state index < -0.39 is 21.5 Å². The van der Waals surface area contributed by atoms with Crippen molar-refractivity contribution in [3.63, 3.8) is 0 Å². The van der Waals surface area contributed by atoms with Gasteiger partial charge < -0.3 is 4.90 Å². The Morgan fingerprint density at radius 1 is 0.952 bits per heavy atom. The number of nitrogens with zero attached hydrogens (tertiary/aromatic N) is 1. The maximum atomic E-state index is 12.3. The van der Waals surface area contributed by atoms with Crippen molar-refractivity contribution in [3.05, 3.63) is 60.7 Å². The van der Waals surface area contributed by atoms with Crippen molar-refractivity contribution < 1.29 is 13.2 Å². The summed E-state index contributed by atoms with van der Waals surface area (Å²) < 4.78 is 24.5. The van der Waals surface area contributed by atoms with Gasteiger partial charge in [0.15, 0.2) is 9.84 Å². The Morgan fingerprint density at radius 2 is 1.48 bits per heavy atom. The molecule has 0 spiro atoms. The molecule has 0 aliphatic carbocycles. The van der Waals surface area contributed by atoms with Crippen LogP contribution in [0.1, 0.15) is 6.92 Å². The fourth-order valence-corrected chi connectivity index (χ4v) is 3.28. The van der Waals surface area contributed by atoms with Gasteiger partial charge in [-0.2, -0.15) is 0 Å². The van der Waals surface area contributed by atoms with Gasteiger partial charge in [-0.1, -0.05) is 36.4 Å². The van der Waals surface area contributed by atoms with Crippen molar-refractivity contribution in [3.8, 4) is 0 Å². The van der Waals surface area contributed by atoms with Crippen molar-refractivity contribution in [1.29, 1.82) is 0 Å². The zero-order valence-corrected chi connectivity index (χ0v) is 12.6. The Balaban J connectivity index is 2.21. The summed E-state index contributed by atoms with van der Waals surface area (Å²) in [5.74, 6) is -0.952. The lowest BCUT2D eigenvalue weighted by Gasteiger charge is -2.20. The Hall–Kier alpha value is -2.14. The Labute approximate surface area is 124 Å². The molecule has 0 aliphatic rings. The number of hydrogen-bond donors (Lipinski definition) is 0. The van der Waals surface area contributed by atoms with Crippen molar-refractivity contribution in [2.75, 3.05) is 17.2 Å². The lowest BCUT2D eigenvalue weighted by Crippen LogP contribution is -2.35. The standard InChI is InChI=1S/C16H17NO3S/c1-2-17(14-9-5-3-6-10-14)16(18)13-21(19,20)15-11-7-4-8-12-15/h3-12H,2,13H2,1H3. The van der Waals surface area contributed by atoms with Crippen LogP contribution < -0.4 is 4.90 Å². The van der Waals surface area contributed by atoms with Crippen LogP contribution in [0, 0.1) is 0 Å². The second kappa shape index (κ2) is 6.54. The van der Waals surface area contributed by atoms with E-state index in [0.29, 0.717) is 12.2 Å². The molecule has 110 valence electrons. The van der Waals surface area contributed by atoms with Crippen molar-refractivity contribution in [2.24, 2.45) is 0 Å². The fourth-order valence-electron chi connectivity index (χ4n) is 2.06. The Kier molecular flexibility index (Phi) is 4.75. The maximum Gasteiger partial charge on any atom is 0.242 e. The fraction of sp³-hybridized carbons (Fsp3) is 0.188. The molecule has 4 nitrogen and oxygen atoms in total. The molecule has 0 radical (unpaired) electrons. The summed E-state index contributed by atoms with van der Waals surface area (Å²) in [5.41, 5.74) is 0.702. The van der Waals surface area contributed by atoms with Gasteiger partial charge in [0, 0.05) is 12.2 Å². The molecule has 21 heavy (non-hydrogen) atoms. The van der Waals surface area contributed by atoms with Crippen LogP contribution in [-0.2, 0) is 14.6 Å². The van der Waals surface area contributed by atoms with Crippen LogP contribution >= 0.6 is 0 Å². The van der Waals surface area contributed by atoms with Crippen molar-refractivity contribution in [1.82, 2.24) is 0 Å². The summed E-state index contributed by atoms with van der Waals surface area (Å²) in [6.07, 6.45) is 0. The molecule has 0 aromatic heterocycles. The summed E-state index contributed by atoms with van der Waals surface area (Å²) in [6.45, 7) is 2.24. The quantitative estimate of drug-likeness (QED) is 0.853. The van der Waals surface area contributed by atoms with E-state index in [1.54, 1.807) is 30.3 Å². The minimum absolute atomic E-state index is 0.169. The molecule has 0 fully saturated rings. The van der Waals surface area contributed by atoms with Crippen molar-refractivity contribution in [2.45, 2.75) is 11.8 Å². The first-order valence-corrected chi connectivity index (χ1v) is 8.33. The first kappa shape index (κ1) is 15.3. The predicted molar refractivity (Wildman–Crippen MR) is 83.0 cm³/mol.